The molecule has 0 amide bonds. The lowest BCUT2D eigenvalue weighted by atomic mass is 9.74. The summed E-state index contributed by atoms with van der Waals surface area (Å²) < 4.78 is 30.6. The first-order valence-corrected chi connectivity index (χ1v) is 12.9. The number of halogens is 1. The van der Waals surface area contributed by atoms with Crippen LogP contribution >= 0.6 is 0 Å². The first-order chi connectivity index (χ1) is 17.3. The number of hydrogen-bond donors (Lipinski definition) is 1. The fourth-order valence-corrected chi connectivity index (χ4v) is 4.73. The molecule has 0 radical (unpaired) electrons. The van der Waals surface area contributed by atoms with E-state index in [9.17, 15) is 14.0 Å². The van der Waals surface area contributed by atoms with Crippen molar-refractivity contribution in [2.45, 2.75) is 64.2 Å². The quantitative estimate of drug-likeness (QED) is 0.199. The number of unbranched alkanes of at least 4 members (excludes halogenated alkanes) is 2. The number of aliphatic hydroxyl groups excluding tert-OH is 1. The van der Waals surface area contributed by atoms with Gasteiger partial charge in [-0.25, -0.2) is 14.0 Å². The van der Waals surface area contributed by atoms with E-state index >= 15 is 0 Å². The number of carbonyl (C=O) groups excluding carboxylic acids is 2. The maximum absolute atomic E-state index is 14.9. The van der Waals surface area contributed by atoms with Crippen molar-refractivity contribution in [1.29, 1.82) is 0 Å². The lowest BCUT2D eigenvalue weighted by molar-refractivity contribution is -0.146. The van der Waals surface area contributed by atoms with Crippen molar-refractivity contribution in [2.75, 3.05) is 33.5 Å². The van der Waals surface area contributed by atoms with Gasteiger partial charge >= 0.3 is 11.9 Å². The Morgan fingerprint density at radius 2 is 1.69 bits per heavy atom. The minimum absolute atomic E-state index is 0.0310. The molecule has 0 aliphatic heterocycles. The van der Waals surface area contributed by atoms with Gasteiger partial charge in [0.05, 0.1) is 37.6 Å². The summed E-state index contributed by atoms with van der Waals surface area (Å²) in [7, 11) is 1.47. The molecule has 1 unspecified atom stereocenters. The normalized spacial score (nSPS) is 18.3. The van der Waals surface area contributed by atoms with E-state index in [-0.39, 0.29) is 54.5 Å². The average Bonchev–Trinajstić information content (AvgIpc) is 2.88. The number of rotatable bonds is 15. The van der Waals surface area contributed by atoms with Gasteiger partial charge in [0.1, 0.15) is 5.82 Å². The number of aliphatic hydroxyl groups is 1. The molecule has 0 heterocycles. The van der Waals surface area contributed by atoms with Crippen LogP contribution in [0.4, 0.5) is 4.39 Å². The summed E-state index contributed by atoms with van der Waals surface area (Å²) in [4.78, 5) is 24.2. The van der Waals surface area contributed by atoms with Gasteiger partial charge in [0.2, 0.25) is 0 Å². The Labute approximate surface area is 214 Å². The molecule has 1 N–H and O–H groups in total. The third-order valence-corrected chi connectivity index (χ3v) is 6.96. The van der Waals surface area contributed by atoms with E-state index in [1.807, 2.05) is 12.1 Å². The summed E-state index contributed by atoms with van der Waals surface area (Å²) in [5.74, 6) is -1.32. The Morgan fingerprint density at radius 1 is 1.06 bits per heavy atom. The molecule has 1 aliphatic carbocycles. The summed E-state index contributed by atoms with van der Waals surface area (Å²) in [6.45, 7) is 9.00. The standard InChI is InChI=1S/C29H41FO6/c1-5-6-7-8-22-9-14-26(27(30)15-22)24-12-10-23(11-13-24)25(18-35-28(32)20(2)16-31)19-36-29(33)21(3)17-34-4/h9,14-15,23-25,31H,2-3,5-8,10-13,16-19H2,1,4H3. The van der Waals surface area contributed by atoms with Crippen LogP contribution < -0.4 is 0 Å². The molecule has 1 aliphatic rings. The molecule has 7 heteroatoms. The zero-order chi connectivity index (χ0) is 26.5. The Bertz CT molecular complexity index is 888. The van der Waals surface area contributed by atoms with Crippen LogP contribution in [-0.4, -0.2) is 50.6 Å². The molecule has 0 spiro atoms. The first kappa shape index (κ1) is 29.7. The van der Waals surface area contributed by atoms with Crippen molar-refractivity contribution in [3.63, 3.8) is 0 Å². The van der Waals surface area contributed by atoms with Gasteiger partial charge in [0.25, 0.3) is 0 Å². The molecule has 1 atom stereocenters. The van der Waals surface area contributed by atoms with Gasteiger partial charge in [0, 0.05) is 13.0 Å². The second-order valence-electron chi connectivity index (χ2n) is 9.68. The molecule has 36 heavy (non-hydrogen) atoms. The Morgan fingerprint density at radius 3 is 2.25 bits per heavy atom. The first-order valence-electron chi connectivity index (χ1n) is 12.9. The van der Waals surface area contributed by atoms with Gasteiger partial charge in [-0.3, -0.25) is 0 Å². The van der Waals surface area contributed by atoms with E-state index in [0.717, 1.165) is 62.5 Å². The number of ether oxygens (including phenoxy) is 3. The van der Waals surface area contributed by atoms with Crippen LogP contribution in [0.5, 0.6) is 0 Å². The highest BCUT2D eigenvalue weighted by atomic mass is 19.1. The number of esters is 2. The molecular formula is C29H41FO6. The highest BCUT2D eigenvalue weighted by Crippen LogP contribution is 2.40. The van der Waals surface area contributed by atoms with Crippen LogP contribution in [0.1, 0.15) is 68.9 Å². The Hall–Kier alpha value is -2.51. The van der Waals surface area contributed by atoms with E-state index < -0.39 is 18.5 Å². The minimum atomic E-state index is -0.674. The van der Waals surface area contributed by atoms with E-state index in [1.54, 1.807) is 6.07 Å². The topological polar surface area (TPSA) is 82.1 Å². The average molecular weight is 505 g/mol. The number of hydrogen-bond acceptors (Lipinski definition) is 6. The van der Waals surface area contributed by atoms with Crippen molar-refractivity contribution in [3.8, 4) is 0 Å². The van der Waals surface area contributed by atoms with Crippen molar-refractivity contribution in [3.05, 3.63) is 59.4 Å². The molecule has 1 saturated carbocycles. The van der Waals surface area contributed by atoms with Gasteiger partial charge in [-0.05, 0) is 67.6 Å². The fraction of sp³-hybridized carbons (Fsp3) is 0.586. The SMILES string of the molecule is C=C(CO)C(=O)OCC(COC(=O)C(=C)COC)C1CCC(c2ccc(CCCCC)cc2F)CC1. The number of aryl methyl sites for hydroxylation is 1. The van der Waals surface area contributed by atoms with Crippen LogP contribution in [0.2, 0.25) is 0 Å². The maximum Gasteiger partial charge on any atom is 0.335 e. The van der Waals surface area contributed by atoms with Gasteiger partial charge in [-0.2, -0.15) is 0 Å². The number of benzene rings is 1. The maximum atomic E-state index is 14.9. The fourth-order valence-electron chi connectivity index (χ4n) is 4.73. The molecule has 1 aromatic carbocycles. The smallest absolute Gasteiger partial charge is 0.335 e. The molecule has 1 fully saturated rings. The van der Waals surface area contributed by atoms with E-state index in [2.05, 4.69) is 20.1 Å². The lowest BCUT2D eigenvalue weighted by Gasteiger charge is -2.34. The summed E-state index contributed by atoms with van der Waals surface area (Å²) >= 11 is 0. The van der Waals surface area contributed by atoms with Gasteiger partial charge < -0.3 is 19.3 Å². The van der Waals surface area contributed by atoms with E-state index in [0.29, 0.717) is 0 Å². The zero-order valence-corrected chi connectivity index (χ0v) is 21.7. The molecule has 2 rings (SSSR count). The van der Waals surface area contributed by atoms with E-state index in [4.69, 9.17) is 19.3 Å². The van der Waals surface area contributed by atoms with Crippen molar-refractivity contribution in [1.82, 2.24) is 0 Å². The predicted octanol–water partition coefficient (Wildman–Crippen LogP) is 5.29. The van der Waals surface area contributed by atoms with Crippen molar-refractivity contribution < 1.29 is 33.3 Å². The molecular weight excluding hydrogens is 463 g/mol. The van der Waals surface area contributed by atoms with Gasteiger partial charge in [-0.15, -0.1) is 0 Å². The predicted molar refractivity (Wildman–Crippen MR) is 137 cm³/mol. The molecule has 0 aromatic heterocycles. The summed E-state index contributed by atoms with van der Waals surface area (Å²) in [6.07, 6.45) is 7.45. The highest BCUT2D eigenvalue weighted by Gasteiger charge is 2.31. The molecule has 0 bridgehead atoms. The van der Waals surface area contributed by atoms with Crippen molar-refractivity contribution >= 4 is 11.9 Å². The second-order valence-corrected chi connectivity index (χ2v) is 9.68. The number of methoxy groups -OCH3 is 1. The lowest BCUT2D eigenvalue weighted by Crippen LogP contribution is -2.31. The van der Waals surface area contributed by atoms with Crippen LogP contribution in [-0.2, 0) is 30.2 Å². The molecule has 1 aromatic rings. The zero-order valence-electron chi connectivity index (χ0n) is 21.7. The largest absolute Gasteiger partial charge is 0.462 e. The molecule has 0 saturated heterocycles. The third kappa shape index (κ3) is 9.17. The van der Waals surface area contributed by atoms with Crippen molar-refractivity contribution in [2.24, 2.45) is 11.8 Å². The summed E-state index contributed by atoms with van der Waals surface area (Å²) in [6, 6.07) is 5.66. The highest BCUT2D eigenvalue weighted by molar-refractivity contribution is 5.88. The second kappa shape index (κ2) is 15.6. The number of carbonyl (C=O) groups is 2. The third-order valence-electron chi connectivity index (χ3n) is 6.96. The Kier molecular flexibility index (Phi) is 12.9. The minimum Gasteiger partial charge on any atom is -0.462 e. The van der Waals surface area contributed by atoms with E-state index in [1.165, 1.54) is 7.11 Å². The van der Waals surface area contributed by atoms with Gasteiger partial charge in [-0.1, -0.05) is 45.1 Å². The monoisotopic (exact) mass is 504 g/mol. The Balaban J connectivity index is 2.00. The van der Waals surface area contributed by atoms with Gasteiger partial charge in [0.15, 0.2) is 0 Å². The van der Waals surface area contributed by atoms with Crippen LogP contribution in [0, 0.1) is 17.7 Å². The van der Waals surface area contributed by atoms with Crippen LogP contribution in [0.25, 0.3) is 0 Å². The molecule has 6 nitrogen and oxygen atoms in total. The van der Waals surface area contributed by atoms with Crippen LogP contribution in [0.15, 0.2) is 42.5 Å². The summed E-state index contributed by atoms with van der Waals surface area (Å²) in [5, 5.41) is 9.12. The summed E-state index contributed by atoms with van der Waals surface area (Å²) in [5.41, 5.74) is 1.98. The van der Waals surface area contributed by atoms with Crippen LogP contribution in [0.3, 0.4) is 0 Å². The molecule has 200 valence electrons.